The van der Waals surface area contributed by atoms with E-state index in [4.69, 9.17) is 4.74 Å². The lowest BCUT2D eigenvalue weighted by Gasteiger charge is -2.50. The predicted octanol–water partition coefficient (Wildman–Crippen LogP) is 7.38. The van der Waals surface area contributed by atoms with Crippen LogP contribution in [0, 0.1) is 46.8 Å². The van der Waals surface area contributed by atoms with E-state index in [2.05, 4.69) is 39.1 Å². The van der Waals surface area contributed by atoms with Crippen LogP contribution in [0.5, 0.6) is 0 Å². The Morgan fingerprint density at radius 2 is 1.81 bits per heavy atom. The largest absolute Gasteiger partial charge is 0.373 e. The molecule has 0 amide bonds. The molecule has 3 saturated carbocycles. The summed E-state index contributed by atoms with van der Waals surface area (Å²) in [7, 11) is 0. The van der Waals surface area contributed by atoms with Crippen molar-refractivity contribution in [2.24, 2.45) is 46.8 Å². The molecule has 0 bridgehead atoms. The van der Waals surface area contributed by atoms with Gasteiger partial charge in [0.1, 0.15) is 0 Å². The normalized spacial score (nSPS) is 54.3. The molecule has 0 aromatic heterocycles. The molecule has 6 rings (SSSR count). The van der Waals surface area contributed by atoms with Crippen LogP contribution >= 0.6 is 0 Å². The molecule has 4 aliphatic carbocycles. The molecular weight excluding hydrogens is 390 g/mol. The van der Waals surface area contributed by atoms with Gasteiger partial charge in [-0.2, -0.15) is 0 Å². The highest BCUT2D eigenvalue weighted by atomic mass is 16.5. The lowest BCUT2D eigenvalue weighted by Crippen LogP contribution is -2.52. The van der Waals surface area contributed by atoms with Crippen LogP contribution in [0.1, 0.15) is 106 Å². The molecule has 5 fully saturated rings. The predicted molar refractivity (Wildman–Crippen MR) is 135 cm³/mol. The van der Waals surface area contributed by atoms with Crippen LogP contribution < -0.4 is 5.32 Å². The monoisotopic (exact) mass is 441 g/mol. The lowest BCUT2D eigenvalue weighted by atomic mass is 9.54. The van der Waals surface area contributed by atoms with E-state index in [-0.39, 0.29) is 5.60 Å². The summed E-state index contributed by atoms with van der Waals surface area (Å²) in [5.74, 6) is 6.14. The van der Waals surface area contributed by atoms with Gasteiger partial charge in [-0.25, -0.2) is 0 Å². The Labute approximate surface area is 198 Å². The maximum Gasteiger partial charge on any atom is 0.0730 e. The summed E-state index contributed by atoms with van der Waals surface area (Å²) in [6.45, 7) is 16.6. The first kappa shape index (κ1) is 23.4. The molecule has 2 heterocycles. The zero-order chi connectivity index (χ0) is 22.7. The van der Waals surface area contributed by atoms with Crippen molar-refractivity contribution in [1.29, 1.82) is 0 Å². The zero-order valence-corrected chi connectivity index (χ0v) is 22.0. The Morgan fingerprint density at radius 1 is 1.00 bits per heavy atom. The number of allylic oxidation sites excluding steroid dienone is 2. The minimum Gasteiger partial charge on any atom is -0.373 e. The van der Waals surface area contributed by atoms with Gasteiger partial charge in [0.15, 0.2) is 0 Å². The summed E-state index contributed by atoms with van der Waals surface area (Å²) in [5.41, 5.74) is 2.79. The second kappa shape index (κ2) is 8.40. The molecule has 182 valence electrons. The van der Waals surface area contributed by atoms with Gasteiger partial charge < -0.3 is 10.1 Å². The Balaban J connectivity index is 0.00000105. The standard InChI is InChI=1S/C28H45NO.C2H6/c1-18-9-12-26(4)21(15-18)7-8-23-22-10-13-28(20(3)24(22)19(2)25(23)26)16-27(17-30-28)11-5-6-14-29-27;1-2/h7,18-20,22-25,29H,5-6,8-17H2,1-4H3;1-2H3. The zero-order valence-electron chi connectivity index (χ0n) is 22.0. The van der Waals surface area contributed by atoms with Crippen LogP contribution in [-0.2, 0) is 4.74 Å². The molecule has 10 unspecified atom stereocenters. The molecule has 2 saturated heterocycles. The molecule has 10 atom stereocenters. The summed E-state index contributed by atoms with van der Waals surface area (Å²) < 4.78 is 6.87. The molecule has 0 radical (unpaired) electrons. The molecule has 0 aromatic carbocycles. The first-order chi connectivity index (χ1) is 15.4. The number of ether oxygens (including phenoxy) is 1. The van der Waals surface area contributed by atoms with Crippen LogP contribution in [0.25, 0.3) is 0 Å². The second-order valence-corrected chi connectivity index (χ2v) is 13.0. The highest BCUT2D eigenvalue weighted by molar-refractivity contribution is 5.26. The fraction of sp³-hybridized carbons (Fsp3) is 0.933. The minimum atomic E-state index is 0.158. The van der Waals surface area contributed by atoms with Gasteiger partial charge in [0.05, 0.1) is 12.2 Å². The second-order valence-electron chi connectivity index (χ2n) is 13.0. The average molecular weight is 442 g/mol. The molecule has 2 heteroatoms. The number of hydrogen-bond donors (Lipinski definition) is 1. The van der Waals surface area contributed by atoms with Gasteiger partial charge in [-0.05, 0) is 111 Å². The third kappa shape index (κ3) is 3.32. The van der Waals surface area contributed by atoms with E-state index in [0.717, 1.165) is 48.0 Å². The van der Waals surface area contributed by atoms with Gasteiger partial charge >= 0.3 is 0 Å². The summed E-state index contributed by atoms with van der Waals surface area (Å²) in [6, 6.07) is 0. The Kier molecular flexibility index (Phi) is 6.14. The Morgan fingerprint density at radius 3 is 2.56 bits per heavy atom. The Bertz CT molecular complexity index is 722. The number of hydrogen-bond acceptors (Lipinski definition) is 2. The average Bonchev–Trinajstić information content (AvgIpc) is 3.30. The fourth-order valence-corrected chi connectivity index (χ4v) is 10.3. The van der Waals surface area contributed by atoms with Crippen LogP contribution in [0.3, 0.4) is 0 Å². The SMILES string of the molecule is CC.CC1CCC2(C)C(=CCC3C4CCC5(CC6(CCCCN6)CO5)C(C)C4C(C)C32)C1. The van der Waals surface area contributed by atoms with Gasteiger partial charge in [-0.1, -0.05) is 59.6 Å². The number of fused-ring (bicyclic) bond motifs is 5. The first-order valence-corrected chi connectivity index (χ1v) is 14.5. The van der Waals surface area contributed by atoms with E-state index in [1.165, 1.54) is 70.8 Å². The smallest absolute Gasteiger partial charge is 0.0730 e. The van der Waals surface area contributed by atoms with Crippen molar-refractivity contribution >= 4 is 0 Å². The molecule has 1 N–H and O–H groups in total. The van der Waals surface area contributed by atoms with Gasteiger partial charge in [0.25, 0.3) is 0 Å². The lowest BCUT2D eigenvalue weighted by molar-refractivity contribution is -0.104. The summed E-state index contributed by atoms with van der Waals surface area (Å²) in [5, 5.41) is 3.92. The Hall–Kier alpha value is -0.340. The fourth-order valence-electron chi connectivity index (χ4n) is 10.3. The first-order valence-electron chi connectivity index (χ1n) is 14.5. The number of rotatable bonds is 0. The van der Waals surface area contributed by atoms with Gasteiger partial charge in [-0.3, -0.25) is 0 Å². The van der Waals surface area contributed by atoms with Gasteiger partial charge in [0.2, 0.25) is 0 Å². The molecule has 6 aliphatic rings. The van der Waals surface area contributed by atoms with E-state index in [0.29, 0.717) is 11.0 Å². The molecular formula is C30H51NO. The van der Waals surface area contributed by atoms with Crippen LogP contribution in [0.4, 0.5) is 0 Å². The van der Waals surface area contributed by atoms with Crippen LogP contribution in [0.2, 0.25) is 0 Å². The maximum absolute atomic E-state index is 6.87. The van der Waals surface area contributed by atoms with Crippen molar-refractivity contribution in [3.8, 4) is 0 Å². The van der Waals surface area contributed by atoms with Crippen molar-refractivity contribution in [3.63, 3.8) is 0 Å². The quantitative estimate of drug-likeness (QED) is 0.396. The molecule has 2 spiro atoms. The van der Waals surface area contributed by atoms with E-state index in [9.17, 15) is 0 Å². The number of nitrogens with one attached hydrogen (secondary N) is 1. The highest BCUT2D eigenvalue weighted by Gasteiger charge is 2.64. The van der Waals surface area contributed by atoms with E-state index in [1.807, 2.05) is 19.4 Å². The van der Waals surface area contributed by atoms with Crippen molar-refractivity contribution in [2.45, 2.75) is 117 Å². The van der Waals surface area contributed by atoms with Crippen molar-refractivity contribution in [1.82, 2.24) is 5.32 Å². The van der Waals surface area contributed by atoms with Crippen molar-refractivity contribution in [2.75, 3.05) is 13.2 Å². The van der Waals surface area contributed by atoms with E-state index in [1.54, 1.807) is 0 Å². The minimum absolute atomic E-state index is 0.158. The van der Waals surface area contributed by atoms with E-state index >= 15 is 0 Å². The molecule has 32 heavy (non-hydrogen) atoms. The maximum atomic E-state index is 6.87. The van der Waals surface area contributed by atoms with Crippen LogP contribution in [-0.4, -0.2) is 24.3 Å². The molecule has 2 aliphatic heterocycles. The molecule has 0 aromatic rings. The summed E-state index contributed by atoms with van der Waals surface area (Å²) in [4.78, 5) is 0. The van der Waals surface area contributed by atoms with Gasteiger partial charge in [-0.15, -0.1) is 0 Å². The van der Waals surface area contributed by atoms with E-state index < -0.39 is 0 Å². The van der Waals surface area contributed by atoms with Gasteiger partial charge in [0, 0.05) is 5.54 Å². The summed E-state index contributed by atoms with van der Waals surface area (Å²) >= 11 is 0. The molecule has 2 nitrogen and oxygen atoms in total. The highest BCUT2D eigenvalue weighted by Crippen LogP contribution is 2.68. The third-order valence-corrected chi connectivity index (χ3v) is 11.7. The third-order valence-electron chi connectivity index (χ3n) is 11.7. The van der Waals surface area contributed by atoms with Crippen molar-refractivity contribution < 1.29 is 4.74 Å². The number of piperidine rings is 1. The van der Waals surface area contributed by atoms with Crippen LogP contribution in [0.15, 0.2) is 11.6 Å². The topological polar surface area (TPSA) is 21.3 Å². The summed E-state index contributed by atoms with van der Waals surface area (Å²) in [6.07, 6.45) is 16.5. The van der Waals surface area contributed by atoms with Crippen molar-refractivity contribution in [3.05, 3.63) is 11.6 Å².